The van der Waals surface area contributed by atoms with Crippen molar-refractivity contribution in [2.45, 2.75) is 13.3 Å². The number of aromatic carboxylic acids is 1. The summed E-state index contributed by atoms with van der Waals surface area (Å²) in [4.78, 5) is 11.1. The number of benzene rings is 4. The fourth-order valence-electron chi connectivity index (χ4n) is 4.19. The van der Waals surface area contributed by atoms with Gasteiger partial charge in [0.15, 0.2) is 11.4 Å². The summed E-state index contributed by atoms with van der Waals surface area (Å²) in [7, 11) is 0. The second-order valence-corrected chi connectivity index (χ2v) is 8.30. The van der Waals surface area contributed by atoms with Crippen LogP contribution in [0.15, 0.2) is 101 Å². The van der Waals surface area contributed by atoms with Crippen LogP contribution in [0.4, 0.5) is 11.4 Å². The lowest BCUT2D eigenvalue weighted by Crippen LogP contribution is -1.94. The van der Waals surface area contributed by atoms with Gasteiger partial charge in [-0.25, -0.2) is 4.79 Å². The lowest BCUT2D eigenvalue weighted by molar-refractivity contribution is 0.0697. The molecule has 0 atom stereocenters. The zero-order chi connectivity index (χ0) is 25.2. The molecule has 3 N–H and O–H groups in total. The minimum absolute atomic E-state index is 0.0518. The van der Waals surface area contributed by atoms with Crippen molar-refractivity contribution < 1.29 is 20.1 Å². The van der Waals surface area contributed by atoms with E-state index in [1.54, 1.807) is 34.9 Å². The molecule has 1 aromatic heterocycles. The Labute approximate surface area is 207 Å². The summed E-state index contributed by atoms with van der Waals surface area (Å²) in [5, 5.41) is 40.5. The molecule has 0 saturated heterocycles. The third-order valence-corrected chi connectivity index (χ3v) is 6.14. The van der Waals surface area contributed by atoms with E-state index in [1.165, 1.54) is 17.7 Å². The highest BCUT2D eigenvalue weighted by molar-refractivity contribution is 5.96. The molecule has 0 fully saturated rings. The largest absolute Gasteiger partial charge is 0.505 e. The Hall–Kier alpha value is -4.91. The zero-order valence-corrected chi connectivity index (χ0v) is 19.5. The van der Waals surface area contributed by atoms with Gasteiger partial charge in [-0.05, 0) is 53.9 Å². The van der Waals surface area contributed by atoms with E-state index in [4.69, 9.17) is 5.11 Å². The van der Waals surface area contributed by atoms with Gasteiger partial charge in [0.25, 0.3) is 0 Å². The SMILES string of the molecule is CCc1ccc(-n2c(O)c(N=Nc3cccc(-c4ccc(C(=O)O)cc4)c3O)c3ccccc32)cc1. The van der Waals surface area contributed by atoms with Crippen molar-refractivity contribution >= 4 is 28.2 Å². The minimum atomic E-state index is -1.02. The molecule has 4 aromatic carbocycles. The molecular weight excluding hydrogens is 454 g/mol. The van der Waals surface area contributed by atoms with Gasteiger partial charge >= 0.3 is 5.97 Å². The molecular formula is C29H23N3O4. The fourth-order valence-corrected chi connectivity index (χ4v) is 4.19. The monoisotopic (exact) mass is 477 g/mol. The molecule has 0 bridgehead atoms. The molecule has 1 heterocycles. The van der Waals surface area contributed by atoms with E-state index in [0.29, 0.717) is 16.8 Å². The Bertz CT molecular complexity index is 1600. The predicted molar refractivity (Wildman–Crippen MR) is 139 cm³/mol. The maximum atomic E-state index is 11.1. The smallest absolute Gasteiger partial charge is 0.335 e. The van der Waals surface area contributed by atoms with Crippen molar-refractivity contribution in [3.8, 4) is 28.4 Å². The van der Waals surface area contributed by atoms with Crippen LogP contribution in [0.2, 0.25) is 0 Å². The third-order valence-electron chi connectivity index (χ3n) is 6.14. The van der Waals surface area contributed by atoms with Gasteiger partial charge < -0.3 is 15.3 Å². The average molecular weight is 478 g/mol. The predicted octanol–water partition coefficient (Wildman–Crippen LogP) is 7.38. The third kappa shape index (κ3) is 4.07. The van der Waals surface area contributed by atoms with Crippen LogP contribution in [0, 0.1) is 0 Å². The Balaban J connectivity index is 1.56. The number of aryl methyl sites for hydroxylation is 1. The number of hydrogen-bond donors (Lipinski definition) is 3. The van der Waals surface area contributed by atoms with E-state index in [-0.39, 0.29) is 22.9 Å². The van der Waals surface area contributed by atoms with Crippen LogP contribution in [-0.2, 0) is 6.42 Å². The van der Waals surface area contributed by atoms with Gasteiger partial charge in [0.1, 0.15) is 5.69 Å². The van der Waals surface area contributed by atoms with Gasteiger partial charge in [-0.1, -0.05) is 61.5 Å². The quantitative estimate of drug-likeness (QED) is 0.222. The molecule has 0 aliphatic carbocycles. The maximum Gasteiger partial charge on any atom is 0.335 e. The highest BCUT2D eigenvalue weighted by Crippen LogP contribution is 2.43. The van der Waals surface area contributed by atoms with Crippen molar-refractivity contribution in [3.05, 3.63) is 102 Å². The fraction of sp³-hybridized carbons (Fsp3) is 0.0690. The second kappa shape index (κ2) is 9.38. The number of nitrogens with zero attached hydrogens (tertiary/aromatic N) is 3. The van der Waals surface area contributed by atoms with Crippen LogP contribution in [0.5, 0.6) is 11.6 Å². The number of aromatic hydroxyl groups is 2. The van der Waals surface area contributed by atoms with Crippen LogP contribution in [0.25, 0.3) is 27.7 Å². The number of hydrogen-bond acceptors (Lipinski definition) is 5. The molecule has 0 spiro atoms. The van der Waals surface area contributed by atoms with E-state index < -0.39 is 5.97 Å². The first kappa shape index (κ1) is 22.9. The van der Waals surface area contributed by atoms with E-state index >= 15 is 0 Å². The molecule has 5 aromatic rings. The van der Waals surface area contributed by atoms with E-state index in [9.17, 15) is 15.0 Å². The number of phenols is 1. The molecule has 7 nitrogen and oxygen atoms in total. The lowest BCUT2D eigenvalue weighted by Gasteiger charge is -2.08. The molecule has 178 valence electrons. The number of carbonyl (C=O) groups is 1. The topological polar surface area (TPSA) is 107 Å². The van der Waals surface area contributed by atoms with Crippen molar-refractivity contribution in [2.24, 2.45) is 10.2 Å². The van der Waals surface area contributed by atoms with E-state index in [0.717, 1.165) is 23.0 Å². The highest BCUT2D eigenvalue weighted by atomic mass is 16.4. The summed E-state index contributed by atoms with van der Waals surface area (Å²) in [5.41, 5.74) is 4.59. The van der Waals surface area contributed by atoms with Crippen LogP contribution >= 0.6 is 0 Å². The number of para-hydroxylation sites is 2. The molecule has 36 heavy (non-hydrogen) atoms. The number of carboxylic acids is 1. The first-order valence-corrected chi connectivity index (χ1v) is 11.5. The number of carboxylic acid groups (broad SMARTS) is 1. The van der Waals surface area contributed by atoms with Crippen molar-refractivity contribution in [2.75, 3.05) is 0 Å². The van der Waals surface area contributed by atoms with E-state index in [1.807, 2.05) is 48.5 Å². The molecule has 7 heteroatoms. The van der Waals surface area contributed by atoms with Crippen molar-refractivity contribution in [1.82, 2.24) is 4.57 Å². The van der Waals surface area contributed by atoms with Crippen LogP contribution in [0.3, 0.4) is 0 Å². The van der Waals surface area contributed by atoms with E-state index in [2.05, 4.69) is 17.2 Å². The maximum absolute atomic E-state index is 11.1. The summed E-state index contributed by atoms with van der Waals surface area (Å²) in [6.07, 6.45) is 0.921. The number of fused-ring (bicyclic) bond motifs is 1. The second-order valence-electron chi connectivity index (χ2n) is 8.30. The molecule has 0 saturated carbocycles. The van der Waals surface area contributed by atoms with Gasteiger partial charge in [-0.2, -0.15) is 0 Å². The molecule has 0 aliphatic rings. The number of azo groups is 1. The normalized spacial score (nSPS) is 11.4. The number of phenolic OH excluding ortho intramolecular Hbond substituents is 1. The average Bonchev–Trinajstić information content (AvgIpc) is 3.19. The summed E-state index contributed by atoms with van der Waals surface area (Å²) >= 11 is 0. The lowest BCUT2D eigenvalue weighted by atomic mass is 10.0. The van der Waals surface area contributed by atoms with Crippen LogP contribution in [0.1, 0.15) is 22.8 Å². The first-order valence-electron chi connectivity index (χ1n) is 11.5. The molecule has 0 amide bonds. The Morgan fingerprint density at radius 3 is 2.25 bits per heavy atom. The highest BCUT2D eigenvalue weighted by Gasteiger charge is 2.18. The van der Waals surface area contributed by atoms with Gasteiger partial charge in [0.2, 0.25) is 5.88 Å². The summed E-state index contributed by atoms with van der Waals surface area (Å²) < 4.78 is 1.73. The summed E-state index contributed by atoms with van der Waals surface area (Å²) in [6.45, 7) is 2.09. The molecule has 0 aliphatic heterocycles. The van der Waals surface area contributed by atoms with Gasteiger partial charge in [-0.15, -0.1) is 10.2 Å². The van der Waals surface area contributed by atoms with Crippen molar-refractivity contribution in [1.29, 1.82) is 0 Å². The summed E-state index contributed by atoms with van der Waals surface area (Å²) in [6, 6.07) is 26.8. The minimum Gasteiger partial charge on any atom is -0.505 e. The molecule has 0 unspecified atom stereocenters. The van der Waals surface area contributed by atoms with Gasteiger partial charge in [0, 0.05) is 16.6 Å². The Morgan fingerprint density at radius 1 is 0.833 bits per heavy atom. The van der Waals surface area contributed by atoms with Crippen LogP contribution in [-0.4, -0.2) is 25.9 Å². The Morgan fingerprint density at radius 2 is 1.56 bits per heavy atom. The van der Waals surface area contributed by atoms with Gasteiger partial charge in [-0.3, -0.25) is 4.57 Å². The number of rotatable bonds is 6. The van der Waals surface area contributed by atoms with Gasteiger partial charge in [0.05, 0.1) is 11.1 Å². The van der Waals surface area contributed by atoms with Crippen molar-refractivity contribution in [3.63, 3.8) is 0 Å². The zero-order valence-electron chi connectivity index (χ0n) is 19.5. The summed E-state index contributed by atoms with van der Waals surface area (Å²) in [5.74, 6) is -1.17. The Kier molecular flexibility index (Phi) is 5.96. The molecule has 0 radical (unpaired) electrons. The standard InChI is InChI=1S/C29H23N3O4/c1-2-18-10-16-21(17-11-18)32-25-9-4-3-6-23(25)26(28(32)34)31-30-24-8-5-7-22(27(24)33)19-12-14-20(15-13-19)29(35)36/h3-17,33-34H,2H2,1H3,(H,35,36). The van der Waals surface area contributed by atoms with Crippen LogP contribution < -0.4 is 0 Å². The first-order chi connectivity index (χ1) is 17.5. The number of aromatic nitrogens is 1. The molecule has 5 rings (SSSR count).